The number of thiol groups is 1. The molecule has 0 fully saturated rings. The summed E-state index contributed by atoms with van der Waals surface area (Å²) in [6.07, 6.45) is 1.81. The first-order valence-corrected chi connectivity index (χ1v) is 7.44. The van der Waals surface area contributed by atoms with Crippen LogP contribution < -0.4 is 0 Å². The Morgan fingerprint density at radius 1 is 1.62 bits per heavy atom. The summed E-state index contributed by atoms with van der Waals surface area (Å²) in [5.41, 5.74) is -2.78. The number of rotatable bonds is 1. The summed E-state index contributed by atoms with van der Waals surface area (Å²) in [4.78, 5) is 17.7. The highest BCUT2D eigenvalue weighted by Gasteiger charge is 2.02. The minimum atomic E-state index is -2.78. The third kappa shape index (κ3) is 3.15. The molecule has 2 nitrogen and oxygen atoms in total. The Morgan fingerprint density at radius 3 is 2.00 bits per heavy atom. The molecule has 0 rings (SSSR count). The van der Waals surface area contributed by atoms with Crippen LogP contribution in [0.15, 0.2) is 0 Å². The Bertz CT molecular complexity index is 119. The third-order valence-electron chi connectivity index (χ3n) is 0.836. The van der Waals surface area contributed by atoms with Crippen molar-refractivity contribution in [3.05, 3.63) is 0 Å². The van der Waals surface area contributed by atoms with Gasteiger partial charge in [0.05, 0.1) is 0 Å². The van der Waals surface area contributed by atoms with Crippen LogP contribution in [0.5, 0.6) is 0 Å². The third-order valence-corrected chi connectivity index (χ3v) is 8.30. The average molecular weight is 174 g/mol. The van der Waals surface area contributed by atoms with Crippen molar-refractivity contribution in [3.63, 3.8) is 0 Å². The molecular formula is C3H11O2PS2. The molecule has 0 aliphatic carbocycles. The zero-order valence-electron chi connectivity index (χ0n) is 4.90. The molecule has 1 unspecified atom stereocenters. The largest absolute Gasteiger partial charge is 0.341 e. The molecule has 2 N–H and O–H groups in total. The van der Waals surface area contributed by atoms with E-state index in [2.05, 4.69) is 12.2 Å². The van der Waals surface area contributed by atoms with Crippen LogP contribution in [0.2, 0.25) is 0 Å². The van der Waals surface area contributed by atoms with Gasteiger partial charge in [-0.2, -0.15) is 0 Å². The second kappa shape index (κ2) is 3.28. The molecule has 0 saturated carbocycles. The van der Waals surface area contributed by atoms with E-state index in [0.29, 0.717) is 0 Å². The Labute approximate surface area is 57.2 Å². The van der Waals surface area contributed by atoms with Crippen LogP contribution in [0.1, 0.15) is 6.92 Å². The van der Waals surface area contributed by atoms with Crippen molar-refractivity contribution in [1.82, 2.24) is 0 Å². The molecule has 52 valence electrons. The number of hydrogen-bond acceptors (Lipinski definition) is 0. The normalized spacial score (nSPS) is 16.1. The maximum absolute atomic E-state index is 8.83. The van der Waals surface area contributed by atoms with Gasteiger partial charge in [0.2, 0.25) is 0 Å². The summed E-state index contributed by atoms with van der Waals surface area (Å²) >= 11 is 3.66. The highest BCUT2D eigenvalue weighted by Crippen LogP contribution is 2.45. The van der Waals surface area contributed by atoms with E-state index >= 15 is 0 Å². The van der Waals surface area contributed by atoms with E-state index in [1.54, 1.807) is 6.26 Å². The molecule has 0 amide bonds. The molecule has 0 bridgehead atoms. The predicted octanol–water partition coefficient (Wildman–Crippen LogP) is 0.846. The van der Waals surface area contributed by atoms with Gasteiger partial charge in [-0.1, -0.05) is 19.2 Å². The van der Waals surface area contributed by atoms with Crippen LogP contribution in [0, 0.1) is 0 Å². The lowest BCUT2D eigenvalue weighted by molar-refractivity contribution is 0.502. The summed E-state index contributed by atoms with van der Waals surface area (Å²) < 4.78 is 0. The monoisotopic (exact) mass is 174 g/mol. The fourth-order valence-electron chi connectivity index (χ4n) is 0.173. The SMILES string of the molecule is CCS(C)=P(O)(O)S. The quantitative estimate of drug-likeness (QED) is 0.407. The van der Waals surface area contributed by atoms with Gasteiger partial charge in [-0.05, 0) is 12.0 Å². The van der Waals surface area contributed by atoms with E-state index < -0.39 is 5.69 Å². The maximum atomic E-state index is 8.83. The van der Waals surface area contributed by atoms with Crippen LogP contribution in [-0.2, 0) is 10.1 Å². The first-order chi connectivity index (χ1) is 3.48. The van der Waals surface area contributed by atoms with Gasteiger partial charge in [-0.25, -0.2) is 0 Å². The van der Waals surface area contributed by atoms with Crippen LogP contribution >= 0.6 is 17.9 Å². The molecule has 0 heterocycles. The molecule has 1 atom stereocenters. The lowest BCUT2D eigenvalue weighted by Gasteiger charge is -2.07. The Balaban J connectivity index is 4.28. The lowest BCUT2D eigenvalue weighted by atomic mass is 11.0. The summed E-state index contributed by atoms with van der Waals surface area (Å²) in [6.45, 7) is 1.92. The molecule has 0 radical (unpaired) electrons. The molecule has 0 aromatic carbocycles. The number of hydrogen-bond donors (Lipinski definition) is 3. The molecule has 0 saturated heterocycles. The van der Waals surface area contributed by atoms with Gasteiger partial charge in [0.15, 0.2) is 5.69 Å². The summed E-state index contributed by atoms with van der Waals surface area (Å²) in [5, 5.41) is 0. The van der Waals surface area contributed by atoms with Gasteiger partial charge >= 0.3 is 0 Å². The van der Waals surface area contributed by atoms with E-state index in [1.165, 1.54) is 0 Å². The molecule has 0 aromatic rings. The smallest absolute Gasteiger partial charge is 0.198 e. The van der Waals surface area contributed by atoms with Crippen molar-refractivity contribution < 1.29 is 9.79 Å². The Morgan fingerprint density at radius 2 is 2.00 bits per heavy atom. The van der Waals surface area contributed by atoms with E-state index in [1.807, 2.05) is 6.92 Å². The van der Waals surface area contributed by atoms with Crippen LogP contribution in [0.4, 0.5) is 0 Å². The molecule has 0 aromatic heterocycles. The van der Waals surface area contributed by atoms with Gasteiger partial charge in [-0.15, -0.1) is 10.1 Å². The molecule has 0 spiro atoms. The van der Waals surface area contributed by atoms with Crippen molar-refractivity contribution >= 4 is 28.0 Å². The van der Waals surface area contributed by atoms with Crippen molar-refractivity contribution in [2.24, 2.45) is 0 Å². The van der Waals surface area contributed by atoms with E-state index in [4.69, 9.17) is 9.79 Å². The first-order valence-electron chi connectivity index (χ1n) is 2.19. The minimum absolute atomic E-state index is 0.308. The van der Waals surface area contributed by atoms with Gasteiger partial charge in [0.1, 0.15) is 0 Å². The van der Waals surface area contributed by atoms with E-state index in [-0.39, 0.29) is 10.1 Å². The van der Waals surface area contributed by atoms with Crippen molar-refractivity contribution in [2.75, 3.05) is 12.0 Å². The predicted molar refractivity (Wildman–Crippen MR) is 44.2 cm³/mol. The maximum Gasteiger partial charge on any atom is 0.198 e. The Kier molecular flexibility index (Phi) is 3.71. The van der Waals surface area contributed by atoms with Gasteiger partial charge < -0.3 is 9.79 Å². The summed E-state index contributed by atoms with van der Waals surface area (Å²) in [6, 6.07) is 0. The highest BCUT2D eigenvalue weighted by molar-refractivity contribution is 8.65. The zero-order valence-corrected chi connectivity index (χ0v) is 7.51. The topological polar surface area (TPSA) is 40.5 Å². The van der Waals surface area contributed by atoms with Gasteiger partial charge in [0.25, 0.3) is 0 Å². The fourth-order valence-corrected chi connectivity index (χ4v) is 2.60. The van der Waals surface area contributed by atoms with E-state index in [9.17, 15) is 0 Å². The van der Waals surface area contributed by atoms with E-state index in [0.717, 1.165) is 5.75 Å². The van der Waals surface area contributed by atoms with Crippen LogP contribution in [0.25, 0.3) is 0 Å². The fraction of sp³-hybridized carbons (Fsp3) is 1.00. The van der Waals surface area contributed by atoms with Crippen molar-refractivity contribution in [3.8, 4) is 0 Å². The van der Waals surface area contributed by atoms with Gasteiger partial charge in [-0.3, -0.25) is 0 Å². The lowest BCUT2D eigenvalue weighted by Crippen LogP contribution is -1.89. The molecular weight excluding hydrogens is 163 g/mol. The van der Waals surface area contributed by atoms with Gasteiger partial charge in [0, 0.05) is 0 Å². The molecule has 5 heteroatoms. The van der Waals surface area contributed by atoms with Crippen LogP contribution in [0.3, 0.4) is 0 Å². The molecule has 8 heavy (non-hydrogen) atoms. The van der Waals surface area contributed by atoms with Crippen molar-refractivity contribution in [2.45, 2.75) is 6.92 Å². The standard InChI is InChI=1S/C3H11O2PS2/c1-3-8(2)6(4,5)7/h4-5,7H,3H2,1-2H3. The molecule has 0 aliphatic rings. The van der Waals surface area contributed by atoms with Crippen molar-refractivity contribution in [1.29, 1.82) is 0 Å². The van der Waals surface area contributed by atoms with Crippen LogP contribution in [-0.4, -0.2) is 21.8 Å². The minimum Gasteiger partial charge on any atom is -0.341 e. The highest BCUT2D eigenvalue weighted by atomic mass is 32.9. The average Bonchev–Trinajstić information content (AvgIpc) is 1.62. The summed E-state index contributed by atoms with van der Waals surface area (Å²) in [5.74, 6) is 0.796. The summed E-state index contributed by atoms with van der Waals surface area (Å²) in [7, 11) is -0.308. The first kappa shape index (κ1) is 9.05. The molecule has 0 aliphatic heterocycles. The Hall–Kier alpha value is 1.05. The zero-order chi connectivity index (χ0) is 6.78. The second-order valence-electron chi connectivity index (χ2n) is 1.40. The second-order valence-corrected chi connectivity index (χ2v) is 10.1.